The van der Waals surface area contributed by atoms with Crippen molar-refractivity contribution in [3.63, 3.8) is 0 Å². The van der Waals surface area contributed by atoms with Gasteiger partial charge in [0.05, 0.1) is 12.3 Å². The number of thiophene rings is 1. The van der Waals surface area contributed by atoms with Crippen LogP contribution in [0, 0.1) is 11.3 Å². The van der Waals surface area contributed by atoms with Gasteiger partial charge in [0.15, 0.2) is 0 Å². The second-order valence-corrected chi connectivity index (χ2v) is 9.90. The molecular weight excluding hydrogens is 476 g/mol. The Morgan fingerprint density at radius 3 is 2.53 bits per heavy atom. The number of amidine groups is 1. The normalized spacial score (nSPS) is 15.2. The van der Waals surface area contributed by atoms with E-state index in [1.165, 1.54) is 4.88 Å². The summed E-state index contributed by atoms with van der Waals surface area (Å²) in [4.78, 5) is 40.5. The molecule has 1 aromatic heterocycles. The van der Waals surface area contributed by atoms with Crippen LogP contribution < -0.4 is 11.1 Å². The van der Waals surface area contributed by atoms with Gasteiger partial charge in [-0.15, -0.1) is 11.3 Å². The average molecular weight is 505 g/mol. The number of carboxylic acids is 1. The molecule has 0 fully saturated rings. The maximum atomic E-state index is 13.2. The minimum Gasteiger partial charge on any atom is -0.481 e. The standard InChI is InChI=1S/C27H28N4O4S/c28-25(29)18-5-3-17(4-6-18)15-30-26(34)19-7-8-20-16-31(10-9-23-2-1-11-36-23)27(35)22(14-24(32)33)13-21(20)12-19/h1-8,11-12,22H,9-10,13-16H2,(H3,28,29)(H,30,34)(H,32,33). The number of carbonyl (C=O) groups is 3. The molecule has 2 aromatic carbocycles. The molecule has 0 spiro atoms. The number of fused-ring (bicyclic) bond motifs is 1. The molecule has 4 rings (SSSR count). The maximum absolute atomic E-state index is 13.2. The van der Waals surface area contributed by atoms with Crippen molar-refractivity contribution in [2.45, 2.75) is 32.4 Å². The van der Waals surface area contributed by atoms with Crippen LogP contribution in [0.1, 0.15) is 43.9 Å². The Morgan fingerprint density at radius 2 is 1.86 bits per heavy atom. The highest BCUT2D eigenvalue weighted by atomic mass is 32.1. The number of hydrogen-bond donors (Lipinski definition) is 4. The van der Waals surface area contributed by atoms with E-state index in [2.05, 4.69) is 5.32 Å². The average Bonchev–Trinajstić information content (AvgIpc) is 3.34. The third-order valence-corrected chi connectivity index (χ3v) is 7.24. The minimum absolute atomic E-state index is 0.0136. The molecule has 0 saturated carbocycles. The molecule has 36 heavy (non-hydrogen) atoms. The van der Waals surface area contributed by atoms with Crippen molar-refractivity contribution in [2.24, 2.45) is 11.7 Å². The molecule has 186 valence electrons. The molecule has 1 atom stereocenters. The number of carbonyl (C=O) groups excluding carboxylic acids is 2. The third-order valence-electron chi connectivity index (χ3n) is 6.30. The van der Waals surface area contributed by atoms with Crippen LogP contribution in [0.25, 0.3) is 0 Å². The molecule has 0 aliphatic carbocycles. The van der Waals surface area contributed by atoms with Gasteiger partial charge >= 0.3 is 5.97 Å². The van der Waals surface area contributed by atoms with Crippen LogP contribution in [0.5, 0.6) is 0 Å². The van der Waals surface area contributed by atoms with Gasteiger partial charge in [-0.25, -0.2) is 0 Å². The lowest BCUT2D eigenvalue weighted by molar-refractivity contribution is -0.144. The van der Waals surface area contributed by atoms with E-state index in [0.29, 0.717) is 37.2 Å². The van der Waals surface area contributed by atoms with Crippen LogP contribution in [-0.2, 0) is 35.5 Å². The van der Waals surface area contributed by atoms with Crippen molar-refractivity contribution in [3.8, 4) is 0 Å². The molecule has 0 saturated heterocycles. The van der Waals surface area contributed by atoms with Gasteiger partial charge in [0.25, 0.3) is 5.91 Å². The molecule has 9 heteroatoms. The highest BCUT2D eigenvalue weighted by Gasteiger charge is 2.31. The van der Waals surface area contributed by atoms with Crippen molar-refractivity contribution >= 4 is 35.0 Å². The highest BCUT2D eigenvalue weighted by Crippen LogP contribution is 2.27. The van der Waals surface area contributed by atoms with Gasteiger partial charge in [-0.3, -0.25) is 19.8 Å². The molecular formula is C27H28N4O4S. The van der Waals surface area contributed by atoms with Gasteiger partial charge in [-0.1, -0.05) is 36.4 Å². The molecule has 1 aliphatic heterocycles. The van der Waals surface area contributed by atoms with Crippen LogP contribution in [0.3, 0.4) is 0 Å². The number of hydrogen-bond acceptors (Lipinski definition) is 5. The van der Waals surface area contributed by atoms with E-state index in [1.54, 1.807) is 52.6 Å². The van der Waals surface area contributed by atoms with Crippen LogP contribution in [-0.4, -0.2) is 40.2 Å². The van der Waals surface area contributed by atoms with Crippen molar-refractivity contribution in [1.29, 1.82) is 5.41 Å². The molecule has 8 nitrogen and oxygen atoms in total. The molecule has 1 unspecified atom stereocenters. The summed E-state index contributed by atoms with van der Waals surface area (Å²) in [5.74, 6) is -2.12. The molecule has 2 amide bonds. The topological polar surface area (TPSA) is 137 Å². The Morgan fingerprint density at radius 1 is 1.11 bits per heavy atom. The zero-order chi connectivity index (χ0) is 25.7. The van der Waals surface area contributed by atoms with E-state index in [1.807, 2.05) is 23.6 Å². The van der Waals surface area contributed by atoms with E-state index in [9.17, 15) is 19.5 Å². The van der Waals surface area contributed by atoms with Crippen LogP contribution in [0.15, 0.2) is 60.0 Å². The lowest BCUT2D eigenvalue weighted by Gasteiger charge is -2.23. The van der Waals surface area contributed by atoms with Gasteiger partial charge in [0, 0.05) is 35.6 Å². The lowest BCUT2D eigenvalue weighted by Crippen LogP contribution is -2.36. The molecule has 5 N–H and O–H groups in total. The van der Waals surface area contributed by atoms with E-state index >= 15 is 0 Å². The summed E-state index contributed by atoms with van der Waals surface area (Å²) in [5, 5.41) is 21.8. The zero-order valence-electron chi connectivity index (χ0n) is 19.7. The summed E-state index contributed by atoms with van der Waals surface area (Å²) in [6, 6.07) is 16.5. The summed E-state index contributed by atoms with van der Waals surface area (Å²) in [5.41, 5.74) is 9.18. The summed E-state index contributed by atoms with van der Waals surface area (Å²) >= 11 is 1.63. The number of nitrogen functional groups attached to an aromatic ring is 1. The number of nitrogens with two attached hydrogens (primary N) is 1. The predicted octanol–water partition coefficient (Wildman–Crippen LogP) is 3.18. The van der Waals surface area contributed by atoms with E-state index in [4.69, 9.17) is 11.1 Å². The van der Waals surface area contributed by atoms with Crippen LogP contribution >= 0.6 is 11.3 Å². The summed E-state index contributed by atoms with van der Waals surface area (Å²) in [6.45, 7) is 1.21. The monoisotopic (exact) mass is 504 g/mol. The second kappa shape index (κ2) is 11.2. The van der Waals surface area contributed by atoms with Crippen molar-refractivity contribution in [2.75, 3.05) is 6.54 Å². The zero-order valence-corrected chi connectivity index (χ0v) is 20.5. The molecule has 2 heterocycles. The van der Waals surface area contributed by atoms with E-state index < -0.39 is 11.9 Å². The quantitative estimate of drug-likeness (QED) is 0.262. The third kappa shape index (κ3) is 6.17. The Labute approximate surface area is 213 Å². The lowest BCUT2D eigenvalue weighted by atomic mass is 9.93. The summed E-state index contributed by atoms with van der Waals surface area (Å²) in [6.07, 6.45) is 0.746. The van der Waals surface area contributed by atoms with Crippen molar-refractivity contribution in [1.82, 2.24) is 10.2 Å². The molecule has 1 aliphatic rings. The number of benzene rings is 2. The van der Waals surface area contributed by atoms with E-state index in [-0.39, 0.29) is 30.5 Å². The fourth-order valence-electron chi connectivity index (χ4n) is 4.35. The van der Waals surface area contributed by atoms with Gasteiger partial charge in [0.2, 0.25) is 5.91 Å². The summed E-state index contributed by atoms with van der Waals surface area (Å²) in [7, 11) is 0. The van der Waals surface area contributed by atoms with Crippen molar-refractivity contribution < 1.29 is 19.5 Å². The first-order chi connectivity index (χ1) is 17.3. The van der Waals surface area contributed by atoms with Crippen LogP contribution in [0.2, 0.25) is 0 Å². The SMILES string of the molecule is N=C(N)c1ccc(CNC(=O)c2ccc3c(c2)CC(CC(=O)O)C(=O)N(CCc2cccs2)C3)cc1. The smallest absolute Gasteiger partial charge is 0.304 e. The number of amides is 2. The van der Waals surface area contributed by atoms with Gasteiger partial charge < -0.3 is 21.1 Å². The fraction of sp³-hybridized carbons (Fsp3) is 0.259. The molecule has 3 aromatic rings. The van der Waals surface area contributed by atoms with Crippen LogP contribution in [0.4, 0.5) is 0 Å². The van der Waals surface area contributed by atoms with Gasteiger partial charge in [0.1, 0.15) is 5.84 Å². The Kier molecular flexibility index (Phi) is 7.80. The minimum atomic E-state index is -1.01. The Bertz CT molecular complexity index is 1270. The Balaban J connectivity index is 1.49. The Hall–Kier alpha value is -3.98. The number of aliphatic carboxylic acids is 1. The first-order valence-electron chi connectivity index (χ1n) is 11.7. The molecule has 0 bridgehead atoms. The van der Waals surface area contributed by atoms with E-state index in [0.717, 1.165) is 16.7 Å². The second-order valence-electron chi connectivity index (χ2n) is 8.86. The number of rotatable bonds is 9. The highest BCUT2D eigenvalue weighted by molar-refractivity contribution is 7.09. The van der Waals surface area contributed by atoms with Gasteiger partial charge in [-0.05, 0) is 53.1 Å². The van der Waals surface area contributed by atoms with Crippen molar-refractivity contribution in [3.05, 3.63) is 92.7 Å². The maximum Gasteiger partial charge on any atom is 0.304 e. The number of nitrogens with zero attached hydrogens (tertiary/aromatic N) is 1. The first-order valence-corrected chi connectivity index (χ1v) is 12.5. The largest absolute Gasteiger partial charge is 0.481 e. The molecule has 0 radical (unpaired) electrons. The van der Waals surface area contributed by atoms with Gasteiger partial charge in [-0.2, -0.15) is 0 Å². The predicted molar refractivity (Wildman–Crippen MR) is 138 cm³/mol. The number of carboxylic acid groups (broad SMARTS) is 1. The number of nitrogens with one attached hydrogen (secondary N) is 2. The first kappa shape index (κ1) is 25.1. The fourth-order valence-corrected chi connectivity index (χ4v) is 5.05. The summed E-state index contributed by atoms with van der Waals surface area (Å²) < 4.78 is 0.